The van der Waals surface area contributed by atoms with Gasteiger partial charge < -0.3 is 15.4 Å². The third-order valence-electron chi connectivity index (χ3n) is 4.57. The van der Waals surface area contributed by atoms with Crippen molar-refractivity contribution in [2.45, 2.75) is 27.3 Å². The average Bonchev–Trinajstić information content (AvgIpc) is 2.69. The van der Waals surface area contributed by atoms with Crippen LogP contribution in [0, 0.1) is 20.8 Å². The lowest BCUT2D eigenvalue weighted by Gasteiger charge is -2.13. The minimum absolute atomic E-state index is 0.211. The molecule has 28 heavy (non-hydrogen) atoms. The fourth-order valence-corrected chi connectivity index (χ4v) is 3.14. The number of rotatable bonds is 6. The average molecular weight is 375 g/mol. The predicted octanol–water partition coefficient (Wildman–Crippen LogP) is 4.88. The Morgan fingerprint density at radius 3 is 2.25 bits per heavy atom. The normalized spacial score (nSPS) is 10.4. The number of nitrogens with one attached hydrogen (secondary N) is 2. The number of pyridine rings is 1. The second kappa shape index (κ2) is 8.57. The van der Waals surface area contributed by atoms with Crippen molar-refractivity contribution in [2.24, 2.45) is 0 Å². The molecule has 3 rings (SSSR count). The fraction of sp³-hybridized carbons (Fsp3) is 0.217. The highest BCUT2D eigenvalue weighted by Gasteiger charge is 2.11. The van der Waals surface area contributed by atoms with Gasteiger partial charge in [0.15, 0.2) is 0 Å². The summed E-state index contributed by atoms with van der Waals surface area (Å²) >= 11 is 0. The first-order chi connectivity index (χ1) is 13.5. The van der Waals surface area contributed by atoms with Crippen LogP contribution in [0.3, 0.4) is 0 Å². The van der Waals surface area contributed by atoms with Gasteiger partial charge in [-0.2, -0.15) is 0 Å². The quantitative estimate of drug-likeness (QED) is 0.644. The summed E-state index contributed by atoms with van der Waals surface area (Å²) in [5, 5.41) is 6.28. The molecule has 5 heteroatoms. The molecule has 0 fully saturated rings. The topological polar surface area (TPSA) is 63.2 Å². The van der Waals surface area contributed by atoms with E-state index in [1.165, 1.54) is 5.56 Å². The van der Waals surface area contributed by atoms with Crippen molar-refractivity contribution in [3.8, 4) is 5.75 Å². The van der Waals surface area contributed by atoms with Gasteiger partial charge in [0.1, 0.15) is 11.4 Å². The van der Waals surface area contributed by atoms with Gasteiger partial charge >= 0.3 is 0 Å². The molecule has 0 spiro atoms. The zero-order valence-electron chi connectivity index (χ0n) is 16.7. The van der Waals surface area contributed by atoms with Crippen molar-refractivity contribution in [1.82, 2.24) is 4.98 Å². The molecule has 0 bridgehead atoms. The molecule has 0 atom stereocenters. The van der Waals surface area contributed by atoms with Gasteiger partial charge in [-0.3, -0.25) is 4.79 Å². The summed E-state index contributed by atoms with van der Waals surface area (Å²) in [5.41, 5.74) is 6.49. The molecule has 2 N–H and O–H groups in total. The highest BCUT2D eigenvalue weighted by Crippen LogP contribution is 2.22. The van der Waals surface area contributed by atoms with Crippen LogP contribution in [0.25, 0.3) is 0 Å². The summed E-state index contributed by atoms with van der Waals surface area (Å²) in [7, 11) is 1.65. The van der Waals surface area contributed by atoms with Gasteiger partial charge in [0, 0.05) is 12.2 Å². The van der Waals surface area contributed by atoms with Crippen LogP contribution in [0.5, 0.6) is 5.75 Å². The summed E-state index contributed by atoms with van der Waals surface area (Å²) in [6.07, 6.45) is 1.67. The smallest absolute Gasteiger partial charge is 0.274 e. The molecular formula is C23H25N3O2. The number of amides is 1. The van der Waals surface area contributed by atoms with E-state index in [2.05, 4.69) is 27.8 Å². The Labute approximate surface area is 165 Å². The van der Waals surface area contributed by atoms with Crippen molar-refractivity contribution < 1.29 is 9.53 Å². The van der Waals surface area contributed by atoms with Gasteiger partial charge in [-0.05, 0) is 61.7 Å². The van der Waals surface area contributed by atoms with E-state index in [9.17, 15) is 4.79 Å². The zero-order valence-corrected chi connectivity index (χ0v) is 16.7. The summed E-state index contributed by atoms with van der Waals surface area (Å²) in [5.74, 6) is 0.622. The van der Waals surface area contributed by atoms with Crippen LogP contribution in [0.2, 0.25) is 0 Å². The van der Waals surface area contributed by atoms with E-state index in [4.69, 9.17) is 4.74 Å². The molecular weight excluding hydrogens is 350 g/mol. The fourth-order valence-electron chi connectivity index (χ4n) is 3.14. The third-order valence-corrected chi connectivity index (χ3v) is 4.57. The molecule has 3 aromatic rings. The van der Waals surface area contributed by atoms with Crippen LogP contribution in [0.15, 0.2) is 54.7 Å². The number of carbonyl (C=O) groups excluding carboxylic acids is 1. The predicted molar refractivity (Wildman–Crippen MR) is 113 cm³/mol. The van der Waals surface area contributed by atoms with E-state index in [0.29, 0.717) is 12.2 Å². The maximum atomic E-state index is 12.5. The van der Waals surface area contributed by atoms with E-state index in [1.54, 1.807) is 19.4 Å². The number of aromatic nitrogens is 1. The Morgan fingerprint density at radius 2 is 1.68 bits per heavy atom. The first kappa shape index (κ1) is 19.4. The summed E-state index contributed by atoms with van der Waals surface area (Å²) < 4.78 is 5.16. The van der Waals surface area contributed by atoms with E-state index < -0.39 is 0 Å². The molecule has 0 aliphatic heterocycles. The molecule has 0 aliphatic rings. The number of ether oxygens (including phenoxy) is 1. The second-order valence-electron chi connectivity index (χ2n) is 6.86. The third kappa shape index (κ3) is 4.68. The molecule has 0 saturated heterocycles. The van der Waals surface area contributed by atoms with Gasteiger partial charge in [-0.25, -0.2) is 4.98 Å². The first-order valence-corrected chi connectivity index (χ1v) is 9.18. The Kier molecular flexibility index (Phi) is 5.94. The minimum Gasteiger partial charge on any atom is -0.497 e. The monoisotopic (exact) mass is 375 g/mol. The molecule has 1 amide bonds. The zero-order chi connectivity index (χ0) is 20.1. The molecule has 1 aromatic heterocycles. The van der Waals surface area contributed by atoms with Crippen LogP contribution in [0.4, 0.5) is 11.4 Å². The number of aryl methyl sites for hydroxylation is 3. The minimum atomic E-state index is -0.211. The number of hydrogen-bond donors (Lipinski definition) is 2. The van der Waals surface area contributed by atoms with Crippen molar-refractivity contribution in [3.05, 3.63) is 82.7 Å². The maximum Gasteiger partial charge on any atom is 0.274 e. The standard InChI is InChI=1S/C23H25N3O2/c1-15-11-16(2)22(17(3)12-15)26-23(27)21-10-7-19(14-25-21)24-13-18-5-8-20(28-4)9-6-18/h5-12,14,24H,13H2,1-4H3,(H,26,27). The van der Waals surface area contributed by atoms with Crippen LogP contribution in [0.1, 0.15) is 32.7 Å². The lowest BCUT2D eigenvalue weighted by Crippen LogP contribution is -2.15. The number of methoxy groups -OCH3 is 1. The number of carbonyl (C=O) groups is 1. The molecule has 0 saturated carbocycles. The lowest BCUT2D eigenvalue weighted by atomic mass is 10.0. The van der Waals surface area contributed by atoms with E-state index >= 15 is 0 Å². The summed E-state index contributed by atoms with van der Waals surface area (Å²) in [6, 6.07) is 15.6. The number of benzene rings is 2. The molecule has 0 radical (unpaired) electrons. The van der Waals surface area contributed by atoms with Gasteiger partial charge in [-0.1, -0.05) is 29.8 Å². The highest BCUT2D eigenvalue weighted by molar-refractivity contribution is 6.03. The maximum absolute atomic E-state index is 12.5. The molecule has 0 aliphatic carbocycles. The Hall–Kier alpha value is -3.34. The number of anilines is 2. The molecule has 5 nitrogen and oxygen atoms in total. The van der Waals surface area contributed by atoms with Crippen LogP contribution >= 0.6 is 0 Å². The van der Waals surface area contributed by atoms with Gasteiger partial charge in [0.25, 0.3) is 5.91 Å². The Morgan fingerprint density at radius 1 is 1.00 bits per heavy atom. The Bertz CT molecular complexity index is 941. The highest BCUT2D eigenvalue weighted by atomic mass is 16.5. The van der Waals surface area contributed by atoms with Gasteiger partial charge in [0.05, 0.1) is 19.0 Å². The Balaban J connectivity index is 1.62. The molecule has 144 valence electrons. The van der Waals surface area contributed by atoms with Crippen LogP contribution < -0.4 is 15.4 Å². The van der Waals surface area contributed by atoms with Crippen molar-refractivity contribution in [3.63, 3.8) is 0 Å². The van der Waals surface area contributed by atoms with E-state index in [-0.39, 0.29) is 5.91 Å². The SMILES string of the molecule is COc1ccc(CNc2ccc(C(=O)Nc3c(C)cc(C)cc3C)nc2)cc1. The molecule has 2 aromatic carbocycles. The van der Waals surface area contributed by atoms with Crippen LogP contribution in [-0.2, 0) is 6.54 Å². The molecule has 0 unspecified atom stereocenters. The first-order valence-electron chi connectivity index (χ1n) is 9.18. The summed E-state index contributed by atoms with van der Waals surface area (Å²) in [6.45, 7) is 6.70. The van der Waals surface area contributed by atoms with Crippen molar-refractivity contribution >= 4 is 17.3 Å². The number of hydrogen-bond acceptors (Lipinski definition) is 4. The lowest BCUT2D eigenvalue weighted by molar-refractivity contribution is 0.102. The van der Waals surface area contributed by atoms with E-state index in [0.717, 1.165) is 33.8 Å². The second-order valence-corrected chi connectivity index (χ2v) is 6.86. The van der Waals surface area contributed by atoms with E-state index in [1.807, 2.05) is 51.1 Å². The largest absolute Gasteiger partial charge is 0.497 e. The van der Waals surface area contributed by atoms with Gasteiger partial charge in [0.2, 0.25) is 0 Å². The number of nitrogens with zero attached hydrogens (tertiary/aromatic N) is 1. The van der Waals surface area contributed by atoms with Crippen LogP contribution in [-0.4, -0.2) is 18.0 Å². The van der Waals surface area contributed by atoms with Crippen molar-refractivity contribution in [2.75, 3.05) is 17.7 Å². The van der Waals surface area contributed by atoms with Crippen molar-refractivity contribution in [1.29, 1.82) is 0 Å². The summed E-state index contributed by atoms with van der Waals surface area (Å²) in [4.78, 5) is 16.8. The molecule has 1 heterocycles. The van der Waals surface area contributed by atoms with Gasteiger partial charge in [-0.15, -0.1) is 0 Å².